The minimum atomic E-state index is -4.61. The van der Waals surface area contributed by atoms with Gasteiger partial charge in [-0.15, -0.1) is 5.11 Å². The fourth-order valence-corrected chi connectivity index (χ4v) is 4.55. The Kier molecular flexibility index (Phi) is 6.63. The summed E-state index contributed by atoms with van der Waals surface area (Å²) in [5.41, 5.74) is 1.42. The smallest absolute Gasteiger partial charge is 0.339 e. The highest BCUT2D eigenvalue weighted by Gasteiger charge is 2.16. The summed E-state index contributed by atoms with van der Waals surface area (Å²) in [7, 11) is -8.60. The number of hydrogen-bond donors (Lipinski definition) is 1. The van der Waals surface area contributed by atoms with Crippen LogP contribution in [0.4, 0.5) is 11.4 Å². The van der Waals surface area contributed by atoms with Crippen LogP contribution < -0.4 is 9.74 Å². The molecule has 4 aromatic rings. The number of benzene rings is 3. The highest BCUT2D eigenvalue weighted by molar-refractivity contribution is 7.87. The summed E-state index contributed by atoms with van der Waals surface area (Å²) in [5.74, 6) is 0.0817. The zero-order valence-electron chi connectivity index (χ0n) is 18.9. The van der Waals surface area contributed by atoms with Crippen LogP contribution in [0.1, 0.15) is 11.3 Å². The van der Waals surface area contributed by atoms with Gasteiger partial charge in [0.2, 0.25) is 0 Å². The lowest BCUT2D eigenvalue weighted by Crippen LogP contribution is -2.14. The van der Waals surface area contributed by atoms with Crippen molar-refractivity contribution in [2.75, 3.05) is 0 Å². The number of aryl methyl sites for hydroxylation is 2. The van der Waals surface area contributed by atoms with Crippen molar-refractivity contribution in [3.63, 3.8) is 0 Å². The van der Waals surface area contributed by atoms with Crippen molar-refractivity contribution in [2.45, 2.75) is 23.6 Å². The zero-order valence-corrected chi connectivity index (χ0v) is 20.6. The first-order chi connectivity index (χ1) is 16.9. The second kappa shape index (κ2) is 9.53. The largest absolute Gasteiger partial charge is 0.744 e. The number of aromatic amines is 1. The van der Waals surface area contributed by atoms with Crippen LogP contribution >= 0.6 is 0 Å². The molecule has 0 atom stereocenters. The van der Waals surface area contributed by atoms with Crippen LogP contribution in [0.3, 0.4) is 0 Å². The summed E-state index contributed by atoms with van der Waals surface area (Å²) in [6, 6.07) is 16.9. The monoisotopic (exact) mass is 527 g/mol. The number of hydrogen-bond acceptors (Lipinski definition) is 9. The number of rotatable bonds is 7. The normalized spacial score (nSPS) is 12.2. The van der Waals surface area contributed by atoms with Crippen molar-refractivity contribution in [1.29, 1.82) is 0 Å². The van der Waals surface area contributed by atoms with E-state index in [0.717, 1.165) is 22.4 Å². The Morgan fingerprint density at radius 3 is 1.97 bits per heavy atom. The molecule has 36 heavy (non-hydrogen) atoms. The SMILES string of the molecule is Cc1ccc(S(=O)(=O)Oc2ccc(N=Nc3c(C)[nH]n(-c4ccc(S(=O)(=O)[O-])cc4)c3=O)cc2)cc1. The van der Waals surface area contributed by atoms with E-state index < -0.39 is 30.7 Å². The summed E-state index contributed by atoms with van der Waals surface area (Å²) in [6.07, 6.45) is 0. The van der Waals surface area contributed by atoms with E-state index in [1.54, 1.807) is 19.1 Å². The third-order valence-electron chi connectivity index (χ3n) is 5.04. The first-order valence-corrected chi connectivity index (χ1v) is 13.2. The lowest BCUT2D eigenvalue weighted by molar-refractivity contribution is 0.463. The summed E-state index contributed by atoms with van der Waals surface area (Å²) in [6.45, 7) is 3.45. The first-order valence-electron chi connectivity index (χ1n) is 10.3. The molecule has 0 aliphatic carbocycles. The Hall–Kier alpha value is -4.07. The molecule has 0 spiro atoms. The van der Waals surface area contributed by atoms with Crippen LogP contribution in [0.15, 0.2) is 97.6 Å². The Morgan fingerprint density at radius 1 is 0.806 bits per heavy atom. The van der Waals surface area contributed by atoms with E-state index in [0.29, 0.717) is 17.1 Å². The molecule has 11 nitrogen and oxygen atoms in total. The number of azo groups is 1. The van der Waals surface area contributed by atoms with Crippen molar-refractivity contribution in [2.24, 2.45) is 10.2 Å². The predicted octanol–water partition coefficient (Wildman–Crippen LogP) is 3.87. The van der Waals surface area contributed by atoms with Crippen molar-refractivity contribution in [1.82, 2.24) is 9.78 Å². The van der Waals surface area contributed by atoms with Crippen LogP contribution in [-0.4, -0.2) is 31.2 Å². The summed E-state index contributed by atoms with van der Waals surface area (Å²) < 4.78 is 64.4. The molecule has 0 bridgehead atoms. The van der Waals surface area contributed by atoms with Gasteiger partial charge in [-0.2, -0.15) is 13.5 Å². The minimum Gasteiger partial charge on any atom is -0.744 e. The van der Waals surface area contributed by atoms with E-state index in [-0.39, 0.29) is 16.3 Å². The predicted molar refractivity (Wildman–Crippen MR) is 129 cm³/mol. The second-order valence-corrected chi connectivity index (χ2v) is 10.6. The first kappa shape index (κ1) is 25.0. The highest BCUT2D eigenvalue weighted by atomic mass is 32.2. The van der Waals surface area contributed by atoms with Gasteiger partial charge in [0.05, 0.1) is 22.0 Å². The molecule has 0 radical (unpaired) electrons. The molecule has 1 N–H and O–H groups in total. The Labute approximate surface area is 206 Å². The molecule has 13 heteroatoms. The van der Waals surface area contributed by atoms with Crippen LogP contribution in [0, 0.1) is 13.8 Å². The van der Waals surface area contributed by atoms with Crippen LogP contribution in [0.2, 0.25) is 0 Å². The lowest BCUT2D eigenvalue weighted by Gasteiger charge is -2.07. The molecule has 0 unspecified atom stereocenters. The molecule has 186 valence electrons. The standard InChI is InChI=1S/C23H20N4O7S2/c1-15-3-11-21(12-4-15)36(32,33)34-19-9-5-17(6-10-19)24-25-22-16(2)26-27(23(22)28)18-7-13-20(14-8-18)35(29,30)31/h3-14,26H,1-2H3,(H,29,30,31)/p-1. The maximum Gasteiger partial charge on any atom is 0.339 e. The maximum atomic E-state index is 12.8. The van der Waals surface area contributed by atoms with Gasteiger partial charge in [0.15, 0.2) is 5.69 Å². The van der Waals surface area contributed by atoms with Gasteiger partial charge in [0.1, 0.15) is 20.8 Å². The minimum absolute atomic E-state index is 0.0119. The molecular formula is C23H19N4O7S2-. The lowest BCUT2D eigenvalue weighted by atomic mass is 10.2. The van der Waals surface area contributed by atoms with E-state index in [9.17, 15) is 26.2 Å². The molecule has 0 aliphatic heterocycles. The van der Waals surface area contributed by atoms with Crippen molar-refractivity contribution < 1.29 is 25.6 Å². The van der Waals surface area contributed by atoms with E-state index >= 15 is 0 Å². The van der Waals surface area contributed by atoms with Crippen molar-refractivity contribution >= 4 is 31.6 Å². The Morgan fingerprint density at radius 2 is 1.39 bits per heavy atom. The number of aromatic nitrogens is 2. The van der Waals surface area contributed by atoms with Gasteiger partial charge in [0, 0.05) is 0 Å². The summed E-state index contributed by atoms with van der Waals surface area (Å²) in [5, 5.41) is 10.8. The maximum absolute atomic E-state index is 12.8. The third-order valence-corrected chi connectivity index (χ3v) is 7.15. The van der Waals surface area contributed by atoms with E-state index in [1.807, 2.05) is 6.92 Å². The molecule has 1 aromatic heterocycles. The Balaban J connectivity index is 1.52. The molecule has 4 rings (SSSR count). The van der Waals surface area contributed by atoms with Gasteiger partial charge in [0.25, 0.3) is 5.56 Å². The highest BCUT2D eigenvalue weighted by Crippen LogP contribution is 2.24. The molecule has 1 heterocycles. The quantitative estimate of drug-likeness (QED) is 0.216. The fraction of sp³-hybridized carbons (Fsp3) is 0.0870. The molecule has 0 aliphatic rings. The van der Waals surface area contributed by atoms with E-state index in [1.165, 1.54) is 48.5 Å². The summed E-state index contributed by atoms with van der Waals surface area (Å²) >= 11 is 0. The Bertz CT molecular complexity index is 1700. The fourth-order valence-electron chi connectivity index (χ4n) is 3.16. The average Bonchev–Trinajstić information content (AvgIpc) is 3.11. The average molecular weight is 528 g/mol. The molecule has 0 saturated heterocycles. The second-order valence-electron chi connectivity index (χ2n) is 7.72. The zero-order chi connectivity index (χ0) is 26.1. The topological polar surface area (TPSA) is 163 Å². The molecule has 3 aromatic carbocycles. The number of nitrogens with one attached hydrogen (secondary N) is 1. The van der Waals surface area contributed by atoms with Gasteiger partial charge < -0.3 is 8.74 Å². The number of nitrogens with zero attached hydrogens (tertiary/aromatic N) is 3. The van der Waals surface area contributed by atoms with Crippen molar-refractivity contribution in [3.8, 4) is 11.4 Å². The molecular weight excluding hydrogens is 508 g/mol. The van der Waals surface area contributed by atoms with Crippen LogP contribution in [-0.2, 0) is 20.2 Å². The molecule has 0 amide bonds. The van der Waals surface area contributed by atoms with Gasteiger partial charge in [-0.05, 0) is 74.5 Å². The van der Waals surface area contributed by atoms with Gasteiger partial charge in [-0.25, -0.2) is 13.1 Å². The van der Waals surface area contributed by atoms with Gasteiger partial charge in [-0.3, -0.25) is 9.89 Å². The molecule has 0 fully saturated rings. The molecule has 0 saturated carbocycles. The van der Waals surface area contributed by atoms with Crippen LogP contribution in [0.25, 0.3) is 5.69 Å². The van der Waals surface area contributed by atoms with Crippen LogP contribution in [0.5, 0.6) is 5.75 Å². The van der Waals surface area contributed by atoms with E-state index in [2.05, 4.69) is 15.3 Å². The van der Waals surface area contributed by atoms with Gasteiger partial charge in [-0.1, -0.05) is 17.7 Å². The number of H-pyrrole nitrogens is 1. The van der Waals surface area contributed by atoms with Gasteiger partial charge >= 0.3 is 10.1 Å². The van der Waals surface area contributed by atoms with E-state index in [4.69, 9.17) is 4.18 Å². The van der Waals surface area contributed by atoms with Crippen molar-refractivity contribution in [3.05, 3.63) is 94.4 Å². The third kappa shape index (κ3) is 5.43. The summed E-state index contributed by atoms with van der Waals surface area (Å²) in [4.78, 5) is 12.4.